The van der Waals surface area contributed by atoms with Crippen LogP contribution in [0.4, 0.5) is 11.8 Å². The van der Waals surface area contributed by atoms with Gasteiger partial charge in [0.2, 0.25) is 5.95 Å². The summed E-state index contributed by atoms with van der Waals surface area (Å²) in [6.07, 6.45) is 3.34. The van der Waals surface area contributed by atoms with E-state index in [2.05, 4.69) is 20.2 Å². The molecule has 0 unspecified atom stereocenters. The molecular weight excluding hydrogens is 242 g/mol. The minimum absolute atomic E-state index is 0.0896. The molecule has 0 spiro atoms. The molecule has 0 radical (unpaired) electrons. The molecule has 3 N–H and O–H groups in total. The molecule has 0 aromatic carbocycles. The standard InChI is InChI=1S/C13H21N5O/c1-15-9-4-5-18(8-9)12-7-10(16-13(14)17-12)11-3-2-6-19-11/h7,9,11,15H,2-6,8H2,1H3,(H2,14,16,17)/t9-,11+/m1/s1. The molecule has 2 aliphatic rings. The maximum Gasteiger partial charge on any atom is 0.222 e. The molecule has 0 amide bonds. The molecular formula is C13H21N5O. The summed E-state index contributed by atoms with van der Waals surface area (Å²) >= 11 is 0. The predicted octanol–water partition coefficient (Wildman–Crippen LogP) is 0.708. The summed E-state index contributed by atoms with van der Waals surface area (Å²) in [6.45, 7) is 2.79. The quantitative estimate of drug-likeness (QED) is 0.836. The lowest BCUT2D eigenvalue weighted by atomic mass is 10.2. The van der Waals surface area contributed by atoms with Gasteiger partial charge in [-0.1, -0.05) is 0 Å². The minimum atomic E-state index is 0.0896. The molecule has 2 fully saturated rings. The fourth-order valence-corrected chi connectivity index (χ4v) is 2.81. The van der Waals surface area contributed by atoms with E-state index in [1.54, 1.807) is 0 Å². The van der Waals surface area contributed by atoms with E-state index < -0.39 is 0 Å². The third-order valence-electron chi connectivity index (χ3n) is 3.93. The Kier molecular flexibility index (Phi) is 3.52. The van der Waals surface area contributed by atoms with Gasteiger partial charge >= 0.3 is 0 Å². The molecule has 0 bridgehead atoms. The molecule has 2 atom stereocenters. The smallest absolute Gasteiger partial charge is 0.222 e. The first-order valence-electron chi connectivity index (χ1n) is 6.94. The normalized spacial score (nSPS) is 27.1. The van der Waals surface area contributed by atoms with Crippen LogP contribution >= 0.6 is 0 Å². The van der Waals surface area contributed by atoms with Crippen LogP contribution in [0.15, 0.2) is 6.07 Å². The number of hydrogen-bond acceptors (Lipinski definition) is 6. The third-order valence-corrected chi connectivity index (χ3v) is 3.93. The van der Waals surface area contributed by atoms with Crippen molar-refractivity contribution in [2.45, 2.75) is 31.4 Å². The molecule has 0 aliphatic carbocycles. The van der Waals surface area contributed by atoms with E-state index in [-0.39, 0.29) is 6.10 Å². The summed E-state index contributed by atoms with van der Waals surface area (Å²) in [7, 11) is 2.00. The van der Waals surface area contributed by atoms with Gasteiger partial charge in [0.25, 0.3) is 0 Å². The van der Waals surface area contributed by atoms with Gasteiger partial charge in [0.15, 0.2) is 0 Å². The highest BCUT2D eigenvalue weighted by Crippen LogP contribution is 2.30. The second-order valence-corrected chi connectivity index (χ2v) is 5.23. The third kappa shape index (κ3) is 2.64. The number of likely N-dealkylation sites (N-methyl/N-ethyl adjacent to an activating group) is 1. The number of aromatic nitrogens is 2. The van der Waals surface area contributed by atoms with E-state index in [1.165, 1.54) is 0 Å². The van der Waals surface area contributed by atoms with Crippen molar-refractivity contribution in [2.24, 2.45) is 0 Å². The van der Waals surface area contributed by atoms with Crippen molar-refractivity contribution in [2.75, 3.05) is 37.4 Å². The molecule has 2 aliphatic heterocycles. The Hall–Kier alpha value is -1.40. The van der Waals surface area contributed by atoms with E-state index in [0.29, 0.717) is 12.0 Å². The molecule has 1 aromatic rings. The van der Waals surface area contributed by atoms with Crippen LogP contribution in [0.25, 0.3) is 0 Å². The van der Waals surface area contributed by atoms with Gasteiger partial charge in [-0.15, -0.1) is 0 Å². The van der Waals surface area contributed by atoms with Gasteiger partial charge in [0, 0.05) is 31.8 Å². The summed E-state index contributed by atoms with van der Waals surface area (Å²) in [6, 6.07) is 2.56. The Morgan fingerprint density at radius 1 is 1.42 bits per heavy atom. The molecule has 6 nitrogen and oxygen atoms in total. The van der Waals surface area contributed by atoms with Crippen LogP contribution in [-0.4, -0.2) is 42.8 Å². The lowest BCUT2D eigenvalue weighted by molar-refractivity contribution is 0.108. The van der Waals surface area contributed by atoms with E-state index in [9.17, 15) is 0 Å². The van der Waals surface area contributed by atoms with Crippen molar-refractivity contribution in [1.82, 2.24) is 15.3 Å². The lowest BCUT2D eigenvalue weighted by Crippen LogP contribution is -2.30. The molecule has 19 heavy (non-hydrogen) atoms. The van der Waals surface area contributed by atoms with E-state index in [4.69, 9.17) is 10.5 Å². The topological polar surface area (TPSA) is 76.3 Å². The lowest BCUT2D eigenvalue weighted by Gasteiger charge is -2.19. The molecule has 2 saturated heterocycles. The molecule has 3 rings (SSSR count). The SMILES string of the molecule is CN[C@@H]1CCN(c2cc([C@@H]3CCCO3)nc(N)n2)C1. The van der Waals surface area contributed by atoms with Crippen LogP contribution < -0.4 is 16.0 Å². The van der Waals surface area contributed by atoms with Gasteiger partial charge in [0.05, 0.1) is 11.8 Å². The van der Waals surface area contributed by atoms with Gasteiger partial charge in [-0.3, -0.25) is 0 Å². The van der Waals surface area contributed by atoms with Gasteiger partial charge in [-0.2, -0.15) is 4.98 Å². The van der Waals surface area contributed by atoms with Crippen LogP contribution in [0.3, 0.4) is 0 Å². The highest BCUT2D eigenvalue weighted by molar-refractivity contribution is 5.45. The second kappa shape index (κ2) is 5.30. The van der Waals surface area contributed by atoms with Crippen molar-refractivity contribution in [3.8, 4) is 0 Å². The molecule has 3 heterocycles. The Morgan fingerprint density at radius 3 is 3.00 bits per heavy atom. The number of nitrogens with one attached hydrogen (secondary N) is 1. The Labute approximate surface area is 113 Å². The van der Waals surface area contributed by atoms with Gasteiger partial charge in [-0.05, 0) is 26.3 Å². The highest BCUT2D eigenvalue weighted by Gasteiger charge is 2.25. The van der Waals surface area contributed by atoms with Crippen LogP contribution in [0.1, 0.15) is 31.1 Å². The number of hydrogen-bond donors (Lipinski definition) is 2. The average Bonchev–Trinajstić information content (AvgIpc) is 3.09. The molecule has 6 heteroatoms. The molecule has 0 saturated carbocycles. The predicted molar refractivity (Wildman–Crippen MR) is 74.0 cm³/mol. The number of nitrogens with zero attached hydrogens (tertiary/aromatic N) is 3. The summed E-state index contributed by atoms with van der Waals surface area (Å²) < 4.78 is 5.68. The van der Waals surface area contributed by atoms with Gasteiger partial charge in [-0.25, -0.2) is 4.98 Å². The second-order valence-electron chi connectivity index (χ2n) is 5.23. The minimum Gasteiger partial charge on any atom is -0.372 e. The van der Waals surface area contributed by atoms with Crippen LogP contribution in [0.2, 0.25) is 0 Å². The number of anilines is 2. The largest absolute Gasteiger partial charge is 0.372 e. The van der Waals surface area contributed by atoms with Crippen molar-refractivity contribution < 1.29 is 4.74 Å². The molecule has 1 aromatic heterocycles. The highest BCUT2D eigenvalue weighted by atomic mass is 16.5. The Balaban J connectivity index is 1.81. The van der Waals surface area contributed by atoms with Crippen LogP contribution in [-0.2, 0) is 4.74 Å². The average molecular weight is 263 g/mol. The fraction of sp³-hybridized carbons (Fsp3) is 0.692. The van der Waals surface area contributed by atoms with E-state index in [1.807, 2.05) is 13.1 Å². The number of rotatable bonds is 3. The Morgan fingerprint density at radius 2 is 2.32 bits per heavy atom. The zero-order valence-electron chi connectivity index (χ0n) is 11.3. The first kappa shape index (κ1) is 12.6. The van der Waals surface area contributed by atoms with Gasteiger partial charge in [0.1, 0.15) is 5.82 Å². The first-order valence-corrected chi connectivity index (χ1v) is 6.94. The maximum absolute atomic E-state index is 5.84. The van der Waals surface area contributed by atoms with Crippen LogP contribution in [0, 0.1) is 0 Å². The number of nitrogen functional groups attached to an aromatic ring is 1. The van der Waals surface area contributed by atoms with Crippen molar-refractivity contribution in [3.05, 3.63) is 11.8 Å². The number of ether oxygens (including phenoxy) is 1. The van der Waals surface area contributed by atoms with Crippen molar-refractivity contribution in [3.63, 3.8) is 0 Å². The summed E-state index contributed by atoms with van der Waals surface area (Å²) in [4.78, 5) is 11.0. The summed E-state index contributed by atoms with van der Waals surface area (Å²) in [5, 5.41) is 3.31. The van der Waals surface area contributed by atoms with Crippen LogP contribution in [0.5, 0.6) is 0 Å². The van der Waals surface area contributed by atoms with Crippen molar-refractivity contribution in [1.29, 1.82) is 0 Å². The Bertz CT molecular complexity index is 447. The number of nitrogens with two attached hydrogens (primary N) is 1. The van der Waals surface area contributed by atoms with E-state index in [0.717, 1.165) is 50.5 Å². The summed E-state index contributed by atoms with van der Waals surface area (Å²) in [5.74, 6) is 1.27. The monoisotopic (exact) mass is 263 g/mol. The zero-order chi connectivity index (χ0) is 13.2. The first-order chi connectivity index (χ1) is 9.26. The molecule has 104 valence electrons. The maximum atomic E-state index is 5.84. The van der Waals surface area contributed by atoms with Crippen molar-refractivity contribution >= 4 is 11.8 Å². The fourth-order valence-electron chi connectivity index (χ4n) is 2.81. The van der Waals surface area contributed by atoms with Gasteiger partial charge < -0.3 is 20.7 Å². The zero-order valence-corrected chi connectivity index (χ0v) is 11.3. The van der Waals surface area contributed by atoms with E-state index >= 15 is 0 Å². The summed E-state index contributed by atoms with van der Waals surface area (Å²) in [5.41, 5.74) is 6.77.